The van der Waals surface area contributed by atoms with E-state index in [1.165, 1.54) is 32.1 Å². The molecule has 1 aliphatic heterocycles. The van der Waals surface area contributed by atoms with E-state index in [0.29, 0.717) is 31.0 Å². The maximum Gasteiger partial charge on any atom is 0.410 e. The number of carbonyl (C=O) groups is 1. The number of ether oxygens (including phenoxy) is 1. The van der Waals surface area contributed by atoms with Crippen LogP contribution in [0.5, 0.6) is 0 Å². The van der Waals surface area contributed by atoms with Crippen molar-refractivity contribution in [2.45, 2.75) is 77.4 Å². The number of piperidine rings is 1. The van der Waals surface area contributed by atoms with Crippen LogP contribution in [0.15, 0.2) is 4.99 Å². The summed E-state index contributed by atoms with van der Waals surface area (Å²) in [6.07, 6.45) is 8.12. The van der Waals surface area contributed by atoms with Gasteiger partial charge in [-0.15, -0.1) is 24.0 Å². The number of carbonyl (C=O) groups excluding carboxylic acids is 1. The lowest BCUT2D eigenvalue weighted by Gasteiger charge is -2.33. The first-order valence-corrected chi connectivity index (χ1v) is 9.38. The van der Waals surface area contributed by atoms with E-state index >= 15 is 0 Å². The van der Waals surface area contributed by atoms with Crippen molar-refractivity contribution in [2.24, 2.45) is 16.6 Å². The van der Waals surface area contributed by atoms with Gasteiger partial charge in [-0.05, 0) is 52.4 Å². The zero-order valence-corrected chi connectivity index (χ0v) is 18.3. The highest BCUT2D eigenvalue weighted by Gasteiger charge is 2.27. The Bertz CT molecular complexity index is 445. The summed E-state index contributed by atoms with van der Waals surface area (Å²) in [5.74, 6) is 0.911. The van der Waals surface area contributed by atoms with E-state index in [9.17, 15) is 4.79 Å². The van der Waals surface area contributed by atoms with Crippen LogP contribution in [0.4, 0.5) is 4.79 Å². The minimum atomic E-state index is -0.448. The molecule has 1 atom stereocenters. The van der Waals surface area contributed by atoms with Crippen LogP contribution in [0.3, 0.4) is 0 Å². The minimum Gasteiger partial charge on any atom is -0.444 e. The molecule has 1 aliphatic carbocycles. The number of likely N-dealkylation sites (tertiary alicyclic amines) is 1. The second-order valence-corrected chi connectivity index (χ2v) is 8.14. The van der Waals surface area contributed by atoms with Crippen molar-refractivity contribution in [1.82, 2.24) is 10.2 Å². The first-order chi connectivity index (χ1) is 11.3. The SMILES string of the molecule is CC(C)(C)OC(=O)N1CCCC(CN=C(N)NC2CCCCC2)C1.I. The Morgan fingerprint density at radius 1 is 1.20 bits per heavy atom. The molecule has 3 N–H and O–H groups in total. The molecule has 0 spiro atoms. The quantitative estimate of drug-likeness (QED) is 0.379. The molecule has 2 fully saturated rings. The lowest BCUT2D eigenvalue weighted by atomic mass is 9.96. The van der Waals surface area contributed by atoms with Gasteiger partial charge in [0.1, 0.15) is 5.60 Å². The van der Waals surface area contributed by atoms with Gasteiger partial charge in [-0.2, -0.15) is 0 Å². The smallest absolute Gasteiger partial charge is 0.410 e. The average Bonchev–Trinajstić information content (AvgIpc) is 2.53. The largest absolute Gasteiger partial charge is 0.444 e. The zero-order valence-electron chi connectivity index (χ0n) is 15.9. The molecule has 1 heterocycles. The average molecular weight is 466 g/mol. The molecule has 0 aromatic heterocycles. The highest BCUT2D eigenvalue weighted by Crippen LogP contribution is 2.20. The summed E-state index contributed by atoms with van der Waals surface area (Å²) in [7, 11) is 0. The number of amides is 1. The van der Waals surface area contributed by atoms with E-state index in [4.69, 9.17) is 10.5 Å². The standard InChI is InChI=1S/C18H34N4O2.HI/c1-18(2,3)24-17(23)22-11-7-8-14(13-22)12-20-16(19)21-15-9-5-4-6-10-15;/h14-15H,4-13H2,1-3H3,(H3,19,20,21);1H. The molecular formula is C18H35IN4O2. The summed E-state index contributed by atoms with van der Waals surface area (Å²) in [6.45, 7) is 7.83. The van der Waals surface area contributed by atoms with Gasteiger partial charge >= 0.3 is 6.09 Å². The first-order valence-electron chi connectivity index (χ1n) is 9.38. The Morgan fingerprint density at radius 3 is 2.52 bits per heavy atom. The van der Waals surface area contributed by atoms with E-state index < -0.39 is 5.60 Å². The molecule has 2 rings (SSSR count). The number of aliphatic imine (C=N–C) groups is 1. The lowest BCUT2D eigenvalue weighted by Crippen LogP contribution is -2.44. The molecule has 0 aromatic rings. The van der Waals surface area contributed by atoms with Gasteiger partial charge in [0, 0.05) is 25.7 Å². The fourth-order valence-electron chi connectivity index (χ4n) is 3.44. The molecule has 25 heavy (non-hydrogen) atoms. The van der Waals surface area contributed by atoms with Gasteiger partial charge < -0.3 is 20.7 Å². The predicted molar refractivity (Wildman–Crippen MR) is 112 cm³/mol. The van der Waals surface area contributed by atoms with Crippen LogP contribution >= 0.6 is 24.0 Å². The summed E-state index contributed by atoms with van der Waals surface area (Å²) in [6, 6.07) is 0.479. The van der Waals surface area contributed by atoms with Crippen LogP contribution in [0, 0.1) is 5.92 Å². The Labute approximate surface area is 169 Å². The van der Waals surface area contributed by atoms with Crippen LogP contribution < -0.4 is 11.1 Å². The van der Waals surface area contributed by atoms with Crippen LogP contribution in [-0.2, 0) is 4.74 Å². The predicted octanol–water partition coefficient (Wildman–Crippen LogP) is 3.49. The van der Waals surface area contributed by atoms with Crippen LogP contribution in [0.2, 0.25) is 0 Å². The molecule has 0 bridgehead atoms. The Morgan fingerprint density at radius 2 is 1.88 bits per heavy atom. The first kappa shape index (κ1) is 22.3. The van der Waals surface area contributed by atoms with Gasteiger partial charge in [0.15, 0.2) is 5.96 Å². The Kier molecular flexibility index (Phi) is 9.30. The fourth-order valence-corrected chi connectivity index (χ4v) is 3.44. The third-order valence-electron chi connectivity index (χ3n) is 4.65. The number of hydrogen-bond acceptors (Lipinski definition) is 3. The zero-order chi connectivity index (χ0) is 17.6. The van der Waals surface area contributed by atoms with Gasteiger partial charge in [0.25, 0.3) is 0 Å². The Balaban J connectivity index is 0.00000312. The van der Waals surface area contributed by atoms with Crippen LogP contribution in [-0.4, -0.2) is 48.2 Å². The molecule has 146 valence electrons. The number of nitrogens with zero attached hydrogens (tertiary/aromatic N) is 2. The van der Waals surface area contributed by atoms with Crippen LogP contribution in [0.1, 0.15) is 65.7 Å². The molecule has 1 unspecified atom stereocenters. The van der Waals surface area contributed by atoms with Gasteiger partial charge in [0.05, 0.1) is 0 Å². The van der Waals surface area contributed by atoms with Gasteiger partial charge in [0.2, 0.25) is 0 Å². The van der Waals surface area contributed by atoms with E-state index in [0.717, 1.165) is 19.4 Å². The van der Waals surface area contributed by atoms with E-state index in [1.807, 2.05) is 20.8 Å². The second kappa shape index (κ2) is 10.4. The summed E-state index contributed by atoms with van der Waals surface area (Å²) in [5.41, 5.74) is 5.59. The minimum absolute atomic E-state index is 0. The van der Waals surface area contributed by atoms with E-state index in [2.05, 4.69) is 10.3 Å². The molecule has 1 saturated heterocycles. The summed E-state index contributed by atoms with van der Waals surface area (Å²) < 4.78 is 5.47. The van der Waals surface area contributed by atoms with Crippen molar-refractivity contribution >= 4 is 36.0 Å². The number of nitrogens with one attached hydrogen (secondary N) is 1. The summed E-state index contributed by atoms with van der Waals surface area (Å²) >= 11 is 0. The lowest BCUT2D eigenvalue weighted by molar-refractivity contribution is 0.0171. The molecule has 1 saturated carbocycles. The maximum atomic E-state index is 12.2. The second-order valence-electron chi connectivity index (χ2n) is 8.14. The topological polar surface area (TPSA) is 80.0 Å². The number of guanidine groups is 1. The molecular weight excluding hydrogens is 431 g/mol. The molecule has 6 nitrogen and oxygen atoms in total. The third-order valence-corrected chi connectivity index (χ3v) is 4.65. The molecule has 0 aromatic carbocycles. The van der Waals surface area contributed by atoms with Gasteiger partial charge in [-0.1, -0.05) is 19.3 Å². The molecule has 7 heteroatoms. The van der Waals surface area contributed by atoms with Crippen molar-refractivity contribution in [3.8, 4) is 0 Å². The third kappa shape index (κ3) is 8.46. The number of hydrogen-bond donors (Lipinski definition) is 2. The van der Waals surface area contributed by atoms with Crippen molar-refractivity contribution in [3.63, 3.8) is 0 Å². The van der Waals surface area contributed by atoms with Gasteiger partial charge in [-0.3, -0.25) is 4.99 Å². The van der Waals surface area contributed by atoms with Crippen molar-refractivity contribution in [1.29, 1.82) is 0 Å². The number of halogens is 1. The maximum absolute atomic E-state index is 12.2. The molecule has 2 aliphatic rings. The van der Waals surface area contributed by atoms with Crippen LogP contribution in [0.25, 0.3) is 0 Å². The van der Waals surface area contributed by atoms with E-state index in [-0.39, 0.29) is 30.1 Å². The highest BCUT2D eigenvalue weighted by molar-refractivity contribution is 14.0. The monoisotopic (exact) mass is 466 g/mol. The van der Waals surface area contributed by atoms with Gasteiger partial charge in [-0.25, -0.2) is 4.79 Å². The normalized spacial score (nSPS) is 22.9. The number of rotatable bonds is 3. The van der Waals surface area contributed by atoms with E-state index in [1.54, 1.807) is 4.90 Å². The van der Waals surface area contributed by atoms with Crippen molar-refractivity contribution < 1.29 is 9.53 Å². The fraction of sp³-hybridized carbons (Fsp3) is 0.889. The summed E-state index contributed by atoms with van der Waals surface area (Å²) in [5, 5.41) is 3.35. The molecule has 1 amide bonds. The summed E-state index contributed by atoms with van der Waals surface area (Å²) in [4.78, 5) is 18.5. The Hall–Kier alpha value is -0.730. The van der Waals surface area contributed by atoms with Crippen molar-refractivity contribution in [3.05, 3.63) is 0 Å². The number of nitrogens with two attached hydrogens (primary N) is 1. The molecule has 0 radical (unpaired) electrons. The highest BCUT2D eigenvalue weighted by atomic mass is 127. The van der Waals surface area contributed by atoms with Crippen molar-refractivity contribution in [2.75, 3.05) is 19.6 Å².